The fraction of sp³-hybridized carbons (Fsp3) is 0.0870. The van der Waals surface area contributed by atoms with Crippen molar-refractivity contribution in [1.82, 2.24) is 19.5 Å². The lowest BCUT2D eigenvalue weighted by Crippen LogP contribution is -2.28. The number of nitrogens with zero attached hydrogens (tertiary/aromatic N) is 4. The lowest BCUT2D eigenvalue weighted by molar-refractivity contribution is -0.116. The van der Waals surface area contributed by atoms with Gasteiger partial charge in [-0.05, 0) is 41.3 Å². The molecule has 164 valence electrons. The number of pyridine rings is 2. The highest BCUT2D eigenvalue weighted by Gasteiger charge is 2.16. The summed E-state index contributed by atoms with van der Waals surface area (Å²) in [7, 11) is 0. The van der Waals surface area contributed by atoms with E-state index in [1.807, 2.05) is 35.0 Å². The van der Waals surface area contributed by atoms with Crippen LogP contribution in [0.4, 0.5) is 5.82 Å². The number of aromatic nitrogens is 4. The SMILES string of the molecule is O=C(Cn1cnc2scc(-c3cccs3)c2c1=O)Nc1ncccc1OCc1ccncc1. The van der Waals surface area contributed by atoms with E-state index in [4.69, 9.17) is 4.74 Å². The number of rotatable bonds is 7. The van der Waals surface area contributed by atoms with E-state index in [0.29, 0.717) is 22.6 Å². The average Bonchev–Trinajstić information content (AvgIpc) is 3.51. The molecule has 0 aromatic carbocycles. The second-order valence-electron chi connectivity index (χ2n) is 7.03. The third-order valence-corrected chi connectivity index (χ3v) is 6.62. The fourth-order valence-corrected chi connectivity index (χ4v) is 4.98. The molecule has 0 fully saturated rings. The minimum Gasteiger partial charge on any atom is -0.485 e. The van der Waals surface area contributed by atoms with Crippen molar-refractivity contribution in [3.8, 4) is 16.2 Å². The van der Waals surface area contributed by atoms with Gasteiger partial charge >= 0.3 is 0 Å². The number of anilines is 1. The number of thiophene rings is 2. The molecule has 10 heteroatoms. The molecule has 5 heterocycles. The van der Waals surface area contributed by atoms with Crippen molar-refractivity contribution in [1.29, 1.82) is 0 Å². The Hall–Kier alpha value is -3.89. The van der Waals surface area contributed by atoms with Gasteiger partial charge in [0.2, 0.25) is 5.91 Å². The highest BCUT2D eigenvalue weighted by atomic mass is 32.1. The summed E-state index contributed by atoms with van der Waals surface area (Å²) in [5.74, 6) is 0.313. The second kappa shape index (κ2) is 9.31. The number of hydrogen-bond acceptors (Lipinski definition) is 8. The van der Waals surface area contributed by atoms with Gasteiger partial charge in [0.25, 0.3) is 5.56 Å². The highest BCUT2D eigenvalue weighted by Crippen LogP contribution is 2.33. The van der Waals surface area contributed by atoms with Gasteiger partial charge in [0, 0.05) is 34.4 Å². The molecule has 0 bridgehead atoms. The summed E-state index contributed by atoms with van der Waals surface area (Å²) in [6.45, 7) is 0.114. The van der Waals surface area contributed by atoms with Gasteiger partial charge in [0.05, 0.1) is 11.7 Å². The molecule has 0 saturated heterocycles. The van der Waals surface area contributed by atoms with Crippen LogP contribution < -0.4 is 15.6 Å². The number of nitrogens with one attached hydrogen (secondary N) is 1. The van der Waals surface area contributed by atoms with Crippen LogP contribution >= 0.6 is 22.7 Å². The number of carbonyl (C=O) groups excluding carboxylic acids is 1. The molecule has 33 heavy (non-hydrogen) atoms. The van der Waals surface area contributed by atoms with E-state index >= 15 is 0 Å². The van der Waals surface area contributed by atoms with Crippen LogP contribution in [-0.4, -0.2) is 25.4 Å². The Morgan fingerprint density at radius 1 is 1.06 bits per heavy atom. The molecule has 5 aromatic rings. The molecule has 0 unspecified atom stereocenters. The third-order valence-electron chi connectivity index (χ3n) is 4.83. The zero-order valence-electron chi connectivity index (χ0n) is 17.2. The molecular weight excluding hydrogens is 458 g/mol. The quantitative estimate of drug-likeness (QED) is 0.379. The second-order valence-corrected chi connectivity index (χ2v) is 8.83. The van der Waals surface area contributed by atoms with E-state index in [9.17, 15) is 9.59 Å². The van der Waals surface area contributed by atoms with Gasteiger partial charge in [-0.15, -0.1) is 22.7 Å². The van der Waals surface area contributed by atoms with Gasteiger partial charge in [-0.3, -0.25) is 19.1 Å². The Bertz CT molecular complexity index is 1460. The first-order valence-corrected chi connectivity index (χ1v) is 11.7. The van der Waals surface area contributed by atoms with Crippen LogP contribution in [-0.2, 0) is 17.9 Å². The number of carbonyl (C=O) groups is 1. The number of ether oxygens (including phenoxy) is 1. The molecule has 1 N–H and O–H groups in total. The maximum absolute atomic E-state index is 13.1. The van der Waals surface area contributed by atoms with Gasteiger partial charge < -0.3 is 10.1 Å². The van der Waals surface area contributed by atoms with E-state index in [1.165, 1.54) is 22.2 Å². The summed E-state index contributed by atoms with van der Waals surface area (Å²) >= 11 is 2.97. The number of hydrogen-bond donors (Lipinski definition) is 1. The van der Waals surface area contributed by atoms with E-state index in [1.54, 1.807) is 42.1 Å². The van der Waals surface area contributed by atoms with Crippen LogP contribution in [0.25, 0.3) is 20.7 Å². The minimum absolute atomic E-state index is 0.193. The average molecular weight is 476 g/mol. The van der Waals surface area contributed by atoms with Crippen molar-refractivity contribution >= 4 is 44.6 Å². The number of amides is 1. The van der Waals surface area contributed by atoms with Crippen molar-refractivity contribution in [2.24, 2.45) is 0 Å². The summed E-state index contributed by atoms with van der Waals surface area (Å²) in [6, 6.07) is 11.0. The van der Waals surface area contributed by atoms with Gasteiger partial charge in [0.15, 0.2) is 11.6 Å². The Morgan fingerprint density at radius 3 is 2.76 bits per heavy atom. The van der Waals surface area contributed by atoms with E-state index in [-0.39, 0.29) is 17.9 Å². The molecular formula is C23H17N5O3S2. The van der Waals surface area contributed by atoms with Gasteiger partial charge in [-0.1, -0.05) is 6.07 Å². The van der Waals surface area contributed by atoms with Crippen LogP contribution in [0.3, 0.4) is 0 Å². The monoisotopic (exact) mass is 475 g/mol. The van der Waals surface area contributed by atoms with E-state index in [0.717, 1.165) is 16.0 Å². The summed E-state index contributed by atoms with van der Waals surface area (Å²) in [4.78, 5) is 40.1. The molecule has 5 rings (SSSR count). The summed E-state index contributed by atoms with van der Waals surface area (Å²) in [6.07, 6.45) is 6.33. The number of fused-ring (bicyclic) bond motifs is 1. The van der Waals surface area contributed by atoms with Crippen LogP contribution in [0.15, 0.2) is 76.9 Å². The minimum atomic E-state index is -0.404. The maximum Gasteiger partial charge on any atom is 0.263 e. The Kier molecular flexibility index (Phi) is 5.92. The zero-order chi connectivity index (χ0) is 22.6. The van der Waals surface area contributed by atoms with Crippen LogP contribution in [0, 0.1) is 0 Å². The summed E-state index contributed by atoms with van der Waals surface area (Å²) in [5, 5.41) is 7.15. The van der Waals surface area contributed by atoms with Crippen molar-refractivity contribution in [2.75, 3.05) is 5.32 Å². The van der Waals surface area contributed by atoms with E-state index < -0.39 is 5.91 Å². The smallest absolute Gasteiger partial charge is 0.263 e. The fourth-order valence-electron chi connectivity index (χ4n) is 3.26. The molecule has 0 saturated carbocycles. The Morgan fingerprint density at radius 2 is 1.94 bits per heavy atom. The van der Waals surface area contributed by atoms with Gasteiger partial charge in [-0.2, -0.15) is 0 Å². The summed E-state index contributed by atoms with van der Waals surface area (Å²) < 4.78 is 7.13. The molecule has 8 nitrogen and oxygen atoms in total. The van der Waals surface area contributed by atoms with Crippen LogP contribution in [0.1, 0.15) is 5.56 Å². The molecule has 5 aromatic heterocycles. The normalized spacial score (nSPS) is 10.9. The molecule has 0 atom stereocenters. The summed E-state index contributed by atoms with van der Waals surface area (Å²) in [5.41, 5.74) is 1.53. The highest BCUT2D eigenvalue weighted by molar-refractivity contribution is 7.18. The molecule has 0 aliphatic rings. The molecule has 0 radical (unpaired) electrons. The first-order chi connectivity index (χ1) is 16.2. The first-order valence-electron chi connectivity index (χ1n) is 9.96. The lowest BCUT2D eigenvalue weighted by Gasteiger charge is -2.12. The standard InChI is InChI=1S/C23H17N5O3S2/c29-19(27-21-17(3-1-7-25-21)31-12-15-5-8-24-9-6-15)11-28-14-26-22-20(23(28)30)16(13-33-22)18-4-2-10-32-18/h1-10,13-14H,11-12H2,(H,25,27,29). The van der Waals surface area contributed by atoms with Gasteiger partial charge in [-0.25, -0.2) is 9.97 Å². The molecule has 0 aliphatic heterocycles. The van der Waals surface area contributed by atoms with Crippen molar-refractivity contribution in [3.05, 3.63) is 88.0 Å². The van der Waals surface area contributed by atoms with Crippen LogP contribution in [0.5, 0.6) is 5.75 Å². The zero-order valence-corrected chi connectivity index (χ0v) is 18.8. The third kappa shape index (κ3) is 4.52. The molecule has 0 aliphatic carbocycles. The Balaban J connectivity index is 1.34. The molecule has 0 spiro atoms. The lowest BCUT2D eigenvalue weighted by atomic mass is 10.2. The predicted molar refractivity (Wildman–Crippen MR) is 129 cm³/mol. The topological polar surface area (TPSA) is 99.0 Å². The largest absolute Gasteiger partial charge is 0.485 e. The first kappa shape index (κ1) is 21.0. The Labute approximate surface area is 196 Å². The van der Waals surface area contributed by atoms with Crippen molar-refractivity contribution in [3.63, 3.8) is 0 Å². The molecule has 1 amide bonds. The predicted octanol–water partition coefficient (Wildman–Crippen LogP) is 4.19. The van der Waals surface area contributed by atoms with Crippen LogP contribution in [0.2, 0.25) is 0 Å². The van der Waals surface area contributed by atoms with E-state index in [2.05, 4.69) is 20.3 Å². The van der Waals surface area contributed by atoms with Crippen molar-refractivity contribution < 1.29 is 9.53 Å². The maximum atomic E-state index is 13.1. The van der Waals surface area contributed by atoms with Gasteiger partial charge in [0.1, 0.15) is 18.0 Å². The van der Waals surface area contributed by atoms with Crippen molar-refractivity contribution in [2.45, 2.75) is 13.2 Å².